The van der Waals surface area contributed by atoms with Gasteiger partial charge in [-0.15, -0.1) is 0 Å². The Kier molecular flexibility index (Phi) is 3.49. The Morgan fingerprint density at radius 2 is 2.00 bits per heavy atom. The second kappa shape index (κ2) is 4.87. The molecular weight excluding hydrogens is 266 g/mol. The molecule has 0 aromatic carbocycles. The molecule has 2 aromatic rings. The molecule has 0 aliphatic carbocycles. The summed E-state index contributed by atoms with van der Waals surface area (Å²) < 4.78 is 0. The van der Waals surface area contributed by atoms with Crippen molar-refractivity contribution in [1.29, 1.82) is 0 Å². The van der Waals surface area contributed by atoms with Gasteiger partial charge >= 0.3 is 0 Å². The topological polar surface area (TPSA) is 38.7 Å². The van der Waals surface area contributed by atoms with Crippen molar-refractivity contribution in [2.24, 2.45) is 0 Å². The van der Waals surface area contributed by atoms with Crippen LogP contribution in [0.2, 0.25) is 0 Å². The molecule has 0 fully saturated rings. The van der Waals surface area contributed by atoms with E-state index in [1.165, 1.54) is 0 Å². The van der Waals surface area contributed by atoms with Crippen LogP contribution in [0.25, 0.3) is 11.2 Å². The van der Waals surface area contributed by atoms with Crippen LogP contribution >= 0.6 is 15.9 Å². The highest BCUT2D eigenvalue weighted by Gasteiger charge is 2.15. The molecule has 0 N–H and O–H groups in total. The van der Waals surface area contributed by atoms with Gasteiger partial charge in [-0.1, -0.05) is 29.8 Å². The van der Waals surface area contributed by atoms with Crippen molar-refractivity contribution in [3.05, 3.63) is 30.2 Å². The summed E-state index contributed by atoms with van der Waals surface area (Å²) in [5.74, 6) is 0.386. The largest absolute Gasteiger partial charge is 0.251 e. The van der Waals surface area contributed by atoms with Gasteiger partial charge in [0.2, 0.25) is 0 Å². The molecule has 2 unspecified atom stereocenters. The molecule has 3 nitrogen and oxygen atoms in total. The van der Waals surface area contributed by atoms with Gasteiger partial charge in [0.1, 0.15) is 5.52 Å². The predicted molar refractivity (Wildman–Crippen MR) is 68.8 cm³/mol. The van der Waals surface area contributed by atoms with Crippen molar-refractivity contribution in [3.63, 3.8) is 0 Å². The first-order chi connectivity index (χ1) is 7.72. The first-order valence-electron chi connectivity index (χ1n) is 5.44. The van der Waals surface area contributed by atoms with Crippen LogP contribution < -0.4 is 0 Å². The normalized spacial score (nSPS) is 14.9. The van der Waals surface area contributed by atoms with Gasteiger partial charge in [-0.05, 0) is 18.6 Å². The van der Waals surface area contributed by atoms with Crippen LogP contribution in [0.4, 0.5) is 0 Å². The molecule has 0 aliphatic rings. The molecular formula is C12H14BrN3. The molecule has 0 saturated carbocycles. The summed E-state index contributed by atoms with van der Waals surface area (Å²) in [7, 11) is 0. The summed E-state index contributed by atoms with van der Waals surface area (Å²) >= 11 is 3.67. The zero-order chi connectivity index (χ0) is 11.5. The van der Waals surface area contributed by atoms with E-state index in [2.05, 4.69) is 44.7 Å². The molecule has 0 aliphatic heterocycles. The van der Waals surface area contributed by atoms with Gasteiger partial charge in [-0.25, -0.2) is 9.97 Å². The van der Waals surface area contributed by atoms with Gasteiger partial charge in [0, 0.05) is 28.8 Å². The first-order valence-corrected chi connectivity index (χ1v) is 6.35. The number of hydrogen-bond donors (Lipinski definition) is 0. The molecule has 0 saturated heterocycles. The third kappa shape index (κ3) is 2.21. The number of hydrogen-bond acceptors (Lipinski definition) is 3. The van der Waals surface area contributed by atoms with Crippen molar-refractivity contribution in [3.8, 4) is 0 Å². The fourth-order valence-corrected chi connectivity index (χ4v) is 1.93. The highest BCUT2D eigenvalue weighted by molar-refractivity contribution is 9.09. The Hall–Kier alpha value is -1.03. The summed E-state index contributed by atoms with van der Waals surface area (Å²) in [6, 6.07) is 4.02. The minimum atomic E-state index is 0.386. The van der Waals surface area contributed by atoms with Crippen LogP contribution in [-0.4, -0.2) is 19.8 Å². The standard InChI is InChI=1S/C12H14BrN3/c1-3-9(13)8(2)10-4-5-11-12(16-10)15-7-6-14-11/h4-9H,3H2,1-2H3. The van der Waals surface area contributed by atoms with Crippen molar-refractivity contribution in [2.45, 2.75) is 31.0 Å². The van der Waals surface area contributed by atoms with Crippen LogP contribution in [0.1, 0.15) is 31.9 Å². The van der Waals surface area contributed by atoms with E-state index < -0.39 is 0 Å². The van der Waals surface area contributed by atoms with Gasteiger partial charge < -0.3 is 0 Å². The fourth-order valence-electron chi connectivity index (χ4n) is 1.66. The van der Waals surface area contributed by atoms with E-state index >= 15 is 0 Å². The van der Waals surface area contributed by atoms with Crippen molar-refractivity contribution in [1.82, 2.24) is 15.0 Å². The molecule has 2 heterocycles. The maximum Gasteiger partial charge on any atom is 0.178 e. The lowest BCUT2D eigenvalue weighted by molar-refractivity contribution is 0.677. The quantitative estimate of drug-likeness (QED) is 0.810. The lowest BCUT2D eigenvalue weighted by Crippen LogP contribution is -2.09. The molecule has 0 radical (unpaired) electrons. The van der Waals surface area contributed by atoms with Crippen molar-refractivity contribution in [2.75, 3.05) is 0 Å². The van der Waals surface area contributed by atoms with E-state index in [0.717, 1.165) is 23.3 Å². The molecule has 2 rings (SSSR count). The Morgan fingerprint density at radius 1 is 1.25 bits per heavy atom. The predicted octanol–water partition coefficient (Wildman–Crippen LogP) is 3.30. The summed E-state index contributed by atoms with van der Waals surface area (Å²) in [4.78, 5) is 13.4. The van der Waals surface area contributed by atoms with Crippen LogP contribution in [0.15, 0.2) is 24.5 Å². The van der Waals surface area contributed by atoms with Gasteiger partial charge in [-0.2, -0.15) is 0 Å². The Bertz CT molecular complexity index is 486. The monoisotopic (exact) mass is 279 g/mol. The lowest BCUT2D eigenvalue weighted by Gasteiger charge is -2.16. The molecule has 84 valence electrons. The minimum absolute atomic E-state index is 0.386. The van der Waals surface area contributed by atoms with Gasteiger partial charge in [0.25, 0.3) is 0 Å². The molecule has 2 atom stereocenters. The van der Waals surface area contributed by atoms with Crippen LogP contribution in [0.3, 0.4) is 0 Å². The SMILES string of the molecule is CCC(Br)C(C)c1ccc2nccnc2n1. The smallest absolute Gasteiger partial charge is 0.178 e. The second-order valence-electron chi connectivity index (χ2n) is 3.85. The van der Waals surface area contributed by atoms with E-state index in [-0.39, 0.29) is 0 Å². The first kappa shape index (κ1) is 11.5. The summed E-state index contributed by atoms with van der Waals surface area (Å²) in [6.07, 6.45) is 4.45. The highest BCUT2D eigenvalue weighted by atomic mass is 79.9. The maximum atomic E-state index is 4.54. The number of alkyl halides is 1. The average molecular weight is 280 g/mol. The Morgan fingerprint density at radius 3 is 2.75 bits per heavy atom. The zero-order valence-electron chi connectivity index (χ0n) is 9.39. The molecule has 2 aromatic heterocycles. The van der Waals surface area contributed by atoms with Crippen LogP contribution in [-0.2, 0) is 0 Å². The average Bonchev–Trinajstić information content (AvgIpc) is 2.36. The number of nitrogens with zero attached hydrogens (tertiary/aromatic N) is 3. The molecule has 0 amide bonds. The third-order valence-electron chi connectivity index (χ3n) is 2.75. The number of aromatic nitrogens is 3. The molecule has 16 heavy (non-hydrogen) atoms. The fraction of sp³-hybridized carbons (Fsp3) is 0.417. The van der Waals surface area contributed by atoms with E-state index in [0.29, 0.717) is 10.7 Å². The van der Waals surface area contributed by atoms with Crippen LogP contribution in [0.5, 0.6) is 0 Å². The lowest BCUT2D eigenvalue weighted by atomic mass is 10.0. The van der Waals surface area contributed by atoms with E-state index in [1.54, 1.807) is 12.4 Å². The van der Waals surface area contributed by atoms with E-state index in [1.807, 2.05) is 12.1 Å². The zero-order valence-corrected chi connectivity index (χ0v) is 11.0. The number of fused-ring (bicyclic) bond motifs is 1. The van der Waals surface area contributed by atoms with Crippen LogP contribution in [0, 0.1) is 0 Å². The minimum Gasteiger partial charge on any atom is -0.251 e. The summed E-state index contributed by atoms with van der Waals surface area (Å²) in [5, 5.41) is 0. The summed E-state index contributed by atoms with van der Waals surface area (Å²) in [5.41, 5.74) is 2.64. The van der Waals surface area contributed by atoms with E-state index in [4.69, 9.17) is 0 Å². The maximum absolute atomic E-state index is 4.54. The third-order valence-corrected chi connectivity index (χ3v) is 4.19. The highest BCUT2D eigenvalue weighted by Crippen LogP contribution is 2.26. The molecule has 4 heteroatoms. The number of rotatable bonds is 3. The number of pyridine rings is 1. The van der Waals surface area contributed by atoms with Gasteiger partial charge in [0.15, 0.2) is 5.65 Å². The second-order valence-corrected chi connectivity index (χ2v) is 5.02. The number of halogens is 1. The van der Waals surface area contributed by atoms with Gasteiger partial charge in [-0.3, -0.25) is 4.98 Å². The van der Waals surface area contributed by atoms with Gasteiger partial charge in [0.05, 0.1) is 0 Å². The molecule has 0 bridgehead atoms. The Balaban J connectivity index is 2.39. The van der Waals surface area contributed by atoms with Crippen molar-refractivity contribution < 1.29 is 0 Å². The summed E-state index contributed by atoms with van der Waals surface area (Å²) in [6.45, 7) is 4.34. The Labute approximate surface area is 103 Å². The molecule has 0 spiro atoms. The van der Waals surface area contributed by atoms with E-state index in [9.17, 15) is 0 Å². The van der Waals surface area contributed by atoms with Crippen molar-refractivity contribution >= 4 is 27.1 Å².